The Bertz CT molecular complexity index is 1680. The number of carboxylic acids is 1. The molecule has 2 unspecified atom stereocenters. The summed E-state index contributed by atoms with van der Waals surface area (Å²) in [5, 5.41) is 14.2. The van der Waals surface area contributed by atoms with Gasteiger partial charge in [0.2, 0.25) is 0 Å². The third kappa shape index (κ3) is 6.68. The van der Waals surface area contributed by atoms with Crippen molar-refractivity contribution in [3.05, 3.63) is 95.0 Å². The topological polar surface area (TPSA) is 149 Å². The zero-order chi connectivity index (χ0) is 30.5. The van der Waals surface area contributed by atoms with Gasteiger partial charge in [0.15, 0.2) is 0 Å². The second-order valence-corrected chi connectivity index (χ2v) is 10.5. The van der Waals surface area contributed by atoms with Crippen LogP contribution in [-0.2, 0) is 4.79 Å². The van der Waals surface area contributed by atoms with Crippen molar-refractivity contribution in [1.82, 2.24) is 14.7 Å². The number of carboxylic acid groups (broad SMARTS) is 1. The third-order valence-corrected chi connectivity index (χ3v) is 7.40. The molecule has 0 radical (unpaired) electrons. The first-order valence-electron chi connectivity index (χ1n) is 13.6. The number of nitrogens with two attached hydrogens (primary N) is 2. The third-order valence-electron chi connectivity index (χ3n) is 7.09. The second-order valence-electron chi connectivity index (χ2n) is 10.1. The summed E-state index contributed by atoms with van der Waals surface area (Å²) in [4.78, 5) is 31.2. The van der Waals surface area contributed by atoms with Crippen molar-refractivity contribution in [2.45, 2.75) is 25.0 Å². The molecule has 1 aliphatic heterocycles. The molecule has 0 bridgehead atoms. The fraction of sp³-hybridized carbons (Fsp3) is 0.226. The van der Waals surface area contributed by atoms with Crippen LogP contribution in [-0.4, -0.2) is 69.7 Å². The highest BCUT2D eigenvalue weighted by Crippen LogP contribution is 2.31. The molecule has 1 fully saturated rings. The number of aromatic nitrogens is 2. The zero-order valence-corrected chi connectivity index (χ0v) is 23.8. The number of rotatable bonds is 10. The predicted octanol–water partition coefficient (Wildman–Crippen LogP) is 4.43. The molecule has 222 valence electrons. The molecule has 3 aromatic carbocycles. The molecule has 1 amide bonds. The summed E-state index contributed by atoms with van der Waals surface area (Å²) >= 11 is 6.13. The lowest BCUT2D eigenvalue weighted by Crippen LogP contribution is -2.40. The van der Waals surface area contributed by atoms with Crippen molar-refractivity contribution in [3.63, 3.8) is 0 Å². The van der Waals surface area contributed by atoms with E-state index in [0.29, 0.717) is 30.2 Å². The lowest BCUT2D eigenvalue weighted by Gasteiger charge is -2.20. The van der Waals surface area contributed by atoms with E-state index in [2.05, 4.69) is 10.1 Å². The van der Waals surface area contributed by atoms with Gasteiger partial charge in [-0.2, -0.15) is 5.10 Å². The Morgan fingerprint density at radius 2 is 2.00 bits per heavy atom. The molecule has 12 heteroatoms. The van der Waals surface area contributed by atoms with E-state index >= 15 is 0 Å². The summed E-state index contributed by atoms with van der Waals surface area (Å²) in [6.45, 7) is 1.20. The number of carbonyl (C=O) groups is 2. The number of anilines is 1. The molecule has 5 rings (SSSR count). The molecule has 2 heterocycles. The monoisotopic (exact) mass is 604 g/mol. The lowest BCUT2D eigenvalue weighted by molar-refractivity contribution is -0.141. The summed E-state index contributed by atoms with van der Waals surface area (Å²) in [5.41, 5.74) is 15.4. The molecule has 2 atom stereocenters. The van der Waals surface area contributed by atoms with Gasteiger partial charge in [0, 0.05) is 36.6 Å². The minimum atomic E-state index is -1.14. The molecule has 0 spiro atoms. The number of aliphatic imine (C=N–C) groups is 1. The number of likely N-dealkylation sites (tertiary alicyclic amines) is 1. The summed E-state index contributed by atoms with van der Waals surface area (Å²) < 4.78 is 21.0. The van der Waals surface area contributed by atoms with E-state index in [1.54, 1.807) is 12.3 Å². The van der Waals surface area contributed by atoms with Gasteiger partial charge in [-0.25, -0.2) is 13.9 Å². The highest BCUT2D eigenvalue weighted by molar-refractivity contribution is 6.32. The van der Waals surface area contributed by atoms with Crippen LogP contribution >= 0.6 is 11.6 Å². The summed E-state index contributed by atoms with van der Waals surface area (Å²) in [6, 6.07) is 15.7. The van der Waals surface area contributed by atoms with Crippen LogP contribution in [0.25, 0.3) is 16.8 Å². The van der Waals surface area contributed by atoms with E-state index in [4.69, 9.17) is 27.8 Å². The fourth-order valence-electron chi connectivity index (χ4n) is 4.99. The number of ether oxygens (including phenoxy) is 1. The minimum Gasteiger partial charge on any atom is -0.488 e. The maximum atomic E-state index is 13.5. The Morgan fingerprint density at radius 1 is 1.19 bits per heavy atom. The molecular weight excluding hydrogens is 575 g/mol. The maximum absolute atomic E-state index is 13.5. The van der Waals surface area contributed by atoms with Crippen molar-refractivity contribution in [1.29, 1.82) is 0 Å². The number of carbonyl (C=O) groups excluding carboxylic acids is 1. The van der Waals surface area contributed by atoms with Crippen LogP contribution in [0.3, 0.4) is 0 Å². The van der Waals surface area contributed by atoms with Crippen LogP contribution < -0.4 is 16.2 Å². The van der Waals surface area contributed by atoms with E-state index in [-0.39, 0.29) is 23.6 Å². The van der Waals surface area contributed by atoms with Crippen LogP contribution in [0.1, 0.15) is 28.8 Å². The molecule has 4 aromatic rings. The fourth-order valence-corrected chi connectivity index (χ4v) is 5.24. The number of amides is 1. The van der Waals surface area contributed by atoms with E-state index < -0.39 is 29.8 Å². The van der Waals surface area contributed by atoms with Crippen molar-refractivity contribution in [2.24, 2.45) is 10.7 Å². The lowest BCUT2D eigenvalue weighted by atomic mass is 9.98. The average molecular weight is 605 g/mol. The normalized spacial score (nSPS) is 16.6. The standard InChI is InChI=1S/C31H30ClFN6O4/c32-26-13-21(33)8-9-28(26)39-17-20(15-37-39)30(40)38-18-23(14-29(38)31(41)42)43-22-5-1-4-19(12-22)24-6-2-7-27(35)25(24)16-36-11-3-10-34/h1-2,4-9,12-13,15-17,23,29H,3,10-11,14,18,34-35H2,(H,41,42). The Kier molecular flexibility index (Phi) is 9.03. The first-order chi connectivity index (χ1) is 20.7. The Balaban J connectivity index is 1.33. The Labute approximate surface area is 252 Å². The quantitative estimate of drug-likeness (QED) is 0.138. The molecule has 0 saturated carbocycles. The van der Waals surface area contributed by atoms with Crippen LogP contribution in [0.2, 0.25) is 5.02 Å². The maximum Gasteiger partial charge on any atom is 0.326 e. The van der Waals surface area contributed by atoms with Gasteiger partial charge in [0.25, 0.3) is 5.91 Å². The van der Waals surface area contributed by atoms with Crippen molar-refractivity contribution < 1.29 is 23.8 Å². The van der Waals surface area contributed by atoms with Gasteiger partial charge in [0.05, 0.1) is 29.0 Å². The van der Waals surface area contributed by atoms with Gasteiger partial charge in [-0.3, -0.25) is 9.79 Å². The summed E-state index contributed by atoms with van der Waals surface area (Å²) in [7, 11) is 0. The smallest absolute Gasteiger partial charge is 0.326 e. The van der Waals surface area contributed by atoms with E-state index in [0.717, 1.165) is 29.2 Å². The molecule has 10 nitrogen and oxygen atoms in total. The highest BCUT2D eigenvalue weighted by atomic mass is 35.5. The number of benzene rings is 3. The van der Waals surface area contributed by atoms with Gasteiger partial charge < -0.3 is 26.2 Å². The van der Waals surface area contributed by atoms with Crippen LogP contribution in [0.15, 0.2) is 78.0 Å². The summed E-state index contributed by atoms with van der Waals surface area (Å²) in [6.07, 6.45) is 4.80. The molecule has 1 aromatic heterocycles. The largest absolute Gasteiger partial charge is 0.488 e. The molecule has 43 heavy (non-hydrogen) atoms. The van der Waals surface area contributed by atoms with Gasteiger partial charge in [-0.15, -0.1) is 0 Å². The van der Waals surface area contributed by atoms with Gasteiger partial charge in [-0.1, -0.05) is 35.9 Å². The van der Waals surface area contributed by atoms with Crippen LogP contribution in [0, 0.1) is 5.82 Å². The molecular formula is C31H30ClFN6O4. The van der Waals surface area contributed by atoms with Crippen LogP contribution in [0.4, 0.5) is 10.1 Å². The first kappa shape index (κ1) is 29.7. The number of halogens is 2. The molecule has 0 aliphatic carbocycles. The first-order valence-corrected chi connectivity index (χ1v) is 14.0. The molecule has 1 aliphatic rings. The predicted molar refractivity (Wildman–Crippen MR) is 162 cm³/mol. The number of aliphatic carboxylic acids is 1. The van der Waals surface area contributed by atoms with Crippen LogP contribution in [0.5, 0.6) is 5.75 Å². The van der Waals surface area contributed by atoms with Gasteiger partial charge in [0.1, 0.15) is 23.7 Å². The van der Waals surface area contributed by atoms with E-state index in [9.17, 15) is 19.1 Å². The molecule has 5 N–H and O–H groups in total. The number of nitrogens with zero attached hydrogens (tertiary/aromatic N) is 4. The average Bonchev–Trinajstić information content (AvgIpc) is 3.64. The van der Waals surface area contributed by atoms with Crippen molar-refractivity contribution >= 4 is 35.4 Å². The minimum absolute atomic E-state index is 0.0554. The number of hydrogen-bond donors (Lipinski definition) is 3. The van der Waals surface area contributed by atoms with Crippen molar-refractivity contribution in [3.8, 4) is 22.6 Å². The zero-order valence-electron chi connectivity index (χ0n) is 23.1. The Morgan fingerprint density at radius 3 is 2.77 bits per heavy atom. The second kappa shape index (κ2) is 13.1. The van der Waals surface area contributed by atoms with Gasteiger partial charge in [-0.05, 0) is 60.5 Å². The van der Waals surface area contributed by atoms with Crippen molar-refractivity contribution in [2.75, 3.05) is 25.4 Å². The number of nitrogen functional groups attached to an aromatic ring is 1. The van der Waals surface area contributed by atoms with E-state index in [1.165, 1.54) is 34.1 Å². The highest BCUT2D eigenvalue weighted by Gasteiger charge is 2.41. The SMILES string of the molecule is NCCCN=Cc1c(N)cccc1-c1cccc(OC2CC(C(=O)O)N(C(=O)c3cnn(-c4ccc(F)cc4Cl)c3)C2)c1. The van der Waals surface area contributed by atoms with Gasteiger partial charge >= 0.3 is 5.97 Å². The Hall–Kier alpha value is -4.74. The van der Waals surface area contributed by atoms with E-state index in [1.807, 2.05) is 36.4 Å². The molecule has 1 saturated heterocycles. The number of hydrogen-bond acceptors (Lipinski definition) is 7. The summed E-state index contributed by atoms with van der Waals surface area (Å²) in [5.74, 6) is -1.64.